The first-order valence-electron chi connectivity index (χ1n) is 13.8. The highest BCUT2D eigenvalue weighted by molar-refractivity contribution is 5.86. The van der Waals surface area contributed by atoms with Crippen LogP contribution in [0.1, 0.15) is 70.1 Å². The van der Waals surface area contributed by atoms with Crippen LogP contribution in [0, 0.1) is 5.82 Å². The van der Waals surface area contributed by atoms with E-state index in [2.05, 4.69) is 9.88 Å². The van der Waals surface area contributed by atoms with E-state index >= 15 is 0 Å². The van der Waals surface area contributed by atoms with Gasteiger partial charge in [0.2, 0.25) is 5.91 Å². The topological polar surface area (TPSA) is 83.9 Å². The zero-order chi connectivity index (χ0) is 27.3. The van der Waals surface area contributed by atoms with Gasteiger partial charge < -0.3 is 24.4 Å². The molecule has 0 atom stereocenters. The van der Waals surface area contributed by atoms with Gasteiger partial charge in [0.15, 0.2) is 0 Å². The van der Waals surface area contributed by atoms with Crippen molar-refractivity contribution in [2.75, 3.05) is 26.2 Å². The van der Waals surface area contributed by atoms with Crippen molar-refractivity contribution in [1.29, 1.82) is 0 Å². The molecular formula is C29H41FN4O4. The summed E-state index contributed by atoms with van der Waals surface area (Å²) in [6, 6.07) is 10.1. The zero-order valence-electron chi connectivity index (χ0n) is 22.7. The Kier molecular flexibility index (Phi) is 11.6. The van der Waals surface area contributed by atoms with Crippen LogP contribution in [-0.2, 0) is 27.4 Å². The Hall–Kier alpha value is -3.36. The number of carbonyl (C=O) groups excluding carboxylic acids is 3. The minimum Gasteiger partial charge on any atom is -0.465 e. The molecule has 1 aliphatic rings. The summed E-state index contributed by atoms with van der Waals surface area (Å²) in [5.41, 5.74) is 1.96. The molecule has 1 N–H and O–H groups in total. The van der Waals surface area contributed by atoms with Crippen molar-refractivity contribution in [3.8, 4) is 0 Å². The van der Waals surface area contributed by atoms with Crippen molar-refractivity contribution in [1.82, 2.24) is 19.7 Å². The molecule has 0 radical (unpaired) electrons. The maximum Gasteiger partial charge on any atom is 0.325 e. The largest absolute Gasteiger partial charge is 0.465 e. The van der Waals surface area contributed by atoms with Crippen LogP contribution in [0.25, 0.3) is 0 Å². The van der Waals surface area contributed by atoms with Gasteiger partial charge in [-0.1, -0.05) is 44.7 Å². The number of carbonyl (C=O) groups is 3. The second-order valence-electron chi connectivity index (χ2n) is 9.81. The molecule has 9 heteroatoms. The third-order valence-corrected chi connectivity index (χ3v) is 6.94. The number of aromatic nitrogens is 1. The first kappa shape index (κ1) is 29.2. The molecule has 38 heavy (non-hydrogen) atoms. The Morgan fingerprint density at radius 3 is 2.50 bits per heavy atom. The number of amides is 3. The second-order valence-corrected chi connectivity index (χ2v) is 9.81. The molecule has 1 aromatic heterocycles. The summed E-state index contributed by atoms with van der Waals surface area (Å²) in [5.74, 6) is -0.878. The number of unbranched alkanes of at least 4 members (excludes halogenated alkanes) is 1. The van der Waals surface area contributed by atoms with Crippen LogP contribution < -0.4 is 5.32 Å². The monoisotopic (exact) mass is 528 g/mol. The number of hydrogen-bond acceptors (Lipinski definition) is 4. The van der Waals surface area contributed by atoms with Gasteiger partial charge in [-0.05, 0) is 56.0 Å². The van der Waals surface area contributed by atoms with Gasteiger partial charge in [0, 0.05) is 31.0 Å². The molecule has 1 heterocycles. The molecule has 0 aliphatic heterocycles. The second kappa shape index (κ2) is 15.1. The smallest absolute Gasteiger partial charge is 0.325 e. The van der Waals surface area contributed by atoms with Crippen LogP contribution in [0.3, 0.4) is 0 Å². The molecule has 1 saturated carbocycles. The highest BCUT2D eigenvalue weighted by atomic mass is 19.1. The summed E-state index contributed by atoms with van der Waals surface area (Å²) >= 11 is 0. The average molecular weight is 529 g/mol. The predicted octanol–water partition coefficient (Wildman–Crippen LogP) is 4.71. The Balaban J connectivity index is 1.74. The molecule has 8 nitrogen and oxygen atoms in total. The van der Waals surface area contributed by atoms with E-state index in [1.807, 2.05) is 30.2 Å². The van der Waals surface area contributed by atoms with Crippen molar-refractivity contribution in [3.05, 3.63) is 59.7 Å². The van der Waals surface area contributed by atoms with Gasteiger partial charge in [-0.2, -0.15) is 0 Å². The normalized spacial score (nSPS) is 13.7. The highest BCUT2D eigenvalue weighted by Gasteiger charge is 2.29. The minimum absolute atomic E-state index is 0.0518. The van der Waals surface area contributed by atoms with Gasteiger partial charge in [0.25, 0.3) is 0 Å². The summed E-state index contributed by atoms with van der Waals surface area (Å²) in [7, 11) is 0. The van der Waals surface area contributed by atoms with Gasteiger partial charge in [0.05, 0.1) is 13.2 Å². The van der Waals surface area contributed by atoms with E-state index in [-0.39, 0.29) is 37.5 Å². The number of halogens is 1. The van der Waals surface area contributed by atoms with Gasteiger partial charge >= 0.3 is 12.0 Å². The number of rotatable bonds is 13. The van der Waals surface area contributed by atoms with Gasteiger partial charge in [0.1, 0.15) is 18.9 Å². The summed E-state index contributed by atoms with van der Waals surface area (Å²) in [5, 5.41) is 2.60. The number of hydrogen-bond donors (Lipinski definition) is 1. The van der Waals surface area contributed by atoms with E-state index in [4.69, 9.17) is 4.74 Å². The third-order valence-electron chi connectivity index (χ3n) is 6.94. The van der Waals surface area contributed by atoms with Gasteiger partial charge in [-0.15, -0.1) is 0 Å². The number of esters is 1. The predicted molar refractivity (Wildman–Crippen MR) is 144 cm³/mol. The minimum atomic E-state index is -0.506. The molecule has 208 valence electrons. The molecular weight excluding hydrogens is 487 g/mol. The number of ether oxygens (including phenoxy) is 1. The Labute approximate surface area is 225 Å². The fraction of sp³-hybridized carbons (Fsp3) is 0.552. The Bertz CT molecular complexity index is 1030. The average Bonchev–Trinajstić information content (AvgIpc) is 3.36. The zero-order valence-corrected chi connectivity index (χ0v) is 22.7. The maximum absolute atomic E-state index is 13.8. The van der Waals surface area contributed by atoms with Crippen LogP contribution >= 0.6 is 0 Å². The molecule has 0 saturated heterocycles. The van der Waals surface area contributed by atoms with E-state index in [0.29, 0.717) is 19.6 Å². The lowest BCUT2D eigenvalue weighted by atomic mass is 9.94. The lowest BCUT2D eigenvalue weighted by Gasteiger charge is -2.36. The SMILES string of the molecule is CCCCN(CC(=O)N(Cc1cccn1Cc1ccc(F)cc1)C1CCCCC1)C(=O)NCC(=O)OCC. The van der Waals surface area contributed by atoms with Gasteiger partial charge in [-0.25, -0.2) is 9.18 Å². The van der Waals surface area contributed by atoms with Crippen LogP contribution in [0.5, 0.6) is 0 Å². The summed E-state index contributed by atoms with van der Waals surface area (Å²) in [6.07, 6.45) is 8.79. The van der Waals surface area contributed by atoms with E-state index in [1.165, 1.54) is 23.5 Å². The molecule has 0 unspecified atom stereocenters. The lowest BCUT2D eigenvalue weighted by Crippen LogP contribution is -2.50. The Morgan fingerprint density at radius 1 is 1.08 bits per heavy atom. The Morgan fingerprint density at radius 2 is 1.82 bits per heavy atom. The van der Waals surface area contributed by atoms with Crippen molar-refractivity contribution in [2.24, 2.45) is 0 Å². The summed E-state index contributed by atoms with van der Waals surface area (Å²) < 4.78 is 20.3. The van der Waals surface area contributed by atoms with Crippen LogP contribution in [0.15, 0.2) is 42.6 Å². The highest BCUT2D eigenvalue weighted by Crippen LogP contribution is 2.25. The molecule has 0 bridgehead atoms. The van der Waals surface area contributed by atoms with Crippen molar-refractivity contribution in [3.63, 3.8) is 0 Å². The van der Waals surface area contributed by atoms with E-state index in [9.17, 15) is 18.8 Å². The number of urea groups is 1. The number of benzene rings is 1. The quantitative estimate of drug-likeness (QED) is 0.382. The molecule has 1 fully saturated rings. The molecule has 0 spiro atoms. The molecule has 2 aromatic rings. The summed E-state index contributed by atoms with van der Waals surface area (Å²) in [4.78, 5) is 41.8. The van der Waals surface area contributed by atoms with E-state index in [1.54, 1.807) is 19.1 Å². The van der Waals surface area contributed by atoms with Gasteiger partial charge in [-0.3, -0.25) is 9.59 Å². The van der Waals surface area contributed by atoms with Crippen molar-refractivity contribution in [2.45, 2.75) is 77.9 Å². The van der Waals surface area contributed by atoms with Crippen molar-refractivity contribution < 1.29 is 23.5 Å². The molecule has 1 aromatic carbocycles. The van der Waals surface area contributed by atoms with Crippen LogP contribution in [0.4, 0.5) is 9.18 Å². The standard InChI is InChI=1S/C29H41FN4O4/c1-3-5-17-33(29(37)31-19-28(36)38-4-2)22-27(35)34(25-10-7-6-8-11-25)21-26-12-9-18-32(26)20-23-13-15-24(30)16-14-23/h9,12-16,18,25H,3-8,10-11,17,19-22H2,1-2H3,(H,31,37). The molecule has 3 rings (SSSR count). The van der Waals surface area contributed by atoms with Crippen LogP contribution in [-0.4, -0.2) is 64.6 Å². The third kappa shape index (κ3) is 8.89. The first-order valence-corrected chi connectivity index (χ1v) is 13.8. The van der Waals surface area contributed by atoms with E-state index < -0.39 is 12.0 Å². The van der Waals surface area contributed by atoms with Crippen LogP contribution in [0.2, 0.25) is 0 Å². The molecule has 3 amide bonds. The first-order chi connectivity index (χ1) is 18.4. The molecule has 1 aliphatic carbocycles. The fourth-order valence-corrected chi connectivity index (χ4v) is 4.85. The maximum atomic E-state index is 13.8. The number of nitrogens with zero attached hydrogens (tertiary/aromatic N) is 3. The van der Waals surface area contributed by atoms with Crippen molar-refractivity contribution >= 4 is 17.9 Å². The lowest BCUT2D eigenvalue weighted by molar-refractivity contribution is -0.141. The van der Waals surface area contributed by atoms with E-state index in [0.717, 1.165) is 49.8 Å². The fourth-order valence-electron chi connectivity index (χ4n) is 4.85. The summed E-state index contributed by atoms with van der Waals surface area (Å²) in [6.45, 7) is 5.14. The number of nitrogens with one attached hydrogen (secondary N) is 1.